The number of carbonyl (C=O) groups excluding carboxylic acids is 1. The highest BCUT2D eigenvalue weighted by Crippen LogP contribution is 2.35. The fraction of sp³-hybridized carbons (Fsp3) is 0.417. The molecule has 9 heteroatoms. The van der Waals surface area contributed by atoms with Crippen LogP contribution in [0.2, 0.25) is 0 Å². The molecule has 0 aliphatic carbocycles. The van der Waals surface area contributed by atoms with Crippen molar-refractivity contribution < 1.29 is 19.7 Å². The first kappa shape index (κ1) is 13.7. The normalized spacial score (nSPS) is 25.3. The summed E-state index contributed by atoms with van der Waals surface area (Å²) in [7, 11) is 0. The number of fused-ring (bicyclic) bond motifs is 1. The second kappa shape index (κ2) is 5.28. The van der Waals surface area contributed by atoms with Crippen LogP contribution in [0.15, 0.2) is 12.5 Å². The lowest BCUT2D eigenvalue weighted by atomic mass is 10.2. The minimum absolute atomic E-state index is 0.177. The SMILES string of the molecule is Nc1ncnc2c1c(NC=O)cn2[C@@H]1O[C@H](CO)C[C@H]1O. The smallest absolute Gasteiger partial charge is 0.211 e. The lowest BCUT2D eigenvalue weighted by Crippen LogP contribution is -2.19. The van der Waals surface area contributed by atoms with Gasteiger partial charge in [0.2, 0.25) is 6.41 Å². The molecule has 0 bridgehead atoms. The summed E-state index contributed by atoms with van der Waals surface area (Å²) in [6, 6.07) is 0. The van der Waals surface area contributed by atoms with Gasteiger partial charge in [0.1, 0.15) is 23.9 Å². The largest absolute Gasteiger partial charge is 0.394 e. The van der Waals surface area contributed by atoms with Crippen LogP contribution in [-0.4, -0.2) is 50.0 Å². The Balaban J connectivity index is 2.11. The van der Waals surface area contributed by atoms with Crippen molar-refractivity contribution in [2.24, 2.45) is 0 Å². The van der Waals surface area contributed by atoms with Crippen LogP contribution in [0.3, 0.4) is 0 Å². The van der Waals surface area contributed by atoms with Crippen LogP contribution < -0.4 is 11.1 Å². The third-order valence-electron chi connectivity index (χ3n) is 3.50. The highest BCUT2D eigenvalue weighted by molar-refractivity contribution is 6.01. The lowest BCUT2D eigenvalue weighted by Gasteiger charge is -2.17. The summed E-state index contributed by atoms with van der Waals surface area (Å²) in [5.74, 6) is 0.217. The topological polar surface area (TPSA) is 136 Å². The van der Waals surface area contributed by atoms with E-state index in [1.54, 1.807) is 10.8 Å². The van der Waals surface area contributed by atoms with Crippen LogP contribution >= 0.6 is 0 Å². The molecule has 21 heavy (non-hydrogen) atoms. The molecule has 3 rings (SSSR count). The van der Waals surface area contributed by atoms with Crippen LogP contribution in [0.5, 0.6) is 0 Å². The summed E-state index contributed by atoms with van der Waals surface area (Å²) < 4.78 is 7.18. The molecule has 1 amide bonds. The van der Waals surface area contributed by atoms with Gasteiger partial charge in [-0.25, -0.2) is 9.97 Å². The van der Waals surface area contributed by atoms with E-state index in [2.05, 4.69) is 15.3 Å². The molecular weight excluding hydrogens is 278 g/mol. The van der Waals surface area contributed by atoms with E-state index < -0.39 is 18.4 Å². The van der Waals surface area contributed by atoms with E-state index in [4.69, 9.17) is 15.6 Å². The molecule has 9 nitrogen and oxygen atoms in total. The average molecular weight is 293 g/mol. The zero-order valence-corrected chi connectivity index (χ0v) is 11.0. The molecular formula is C12H15N5O4. The highest BCUT2D eigenvalue weighted by Gasteiger charge is 2.36. The zero-order valence-electron chi connectivity index (χ0n) is 11.0. The molecule has 1 aliphatic rings. The van der Waals surface area contributed by atoms with Gasteiger partial charge < -0.3 is 30.6 Å². The summed E-state index contributed by atoms with van der Waals surface area (Å²) in [5, 5.41) is 22.2. The number of hydrogen-bond donors (Lipinski definition) is 4. The van der Waals surface area contributed by atoms with E-state index in [0.29, 0.717) is 29.6 Å². The van der Waals surface area contributed by atoms with Crippen molar-refractivity contribution in [2.45, 2.75) is 24.9 Å². The van der Waals surface area contributed by atoms with E-state index in [0.717, 1.165) is 0 Å². The lowest BCUT2D eigenvalue weighted by molar-refractivity contribution is -0.105. The van der Waals surface area contributed by atoms with Crippen molar-refractivity contribution in [2.75, 3.05) is 17.7 Å². The Labute approximate surface area is 119 Å². The predicted molar refractivity (Wildman–Crippen MR) is 73.2 cm³/mol. The second-order valence-corrected chi connectivity index (χ2v) is 4.80. The van der Waals surface area contributed by atoms with Gasteiger partial charge in [-0.3, -0.25) is 4.79 Å². The molecule has 0 unspecified atom stereocenters. The highest BCUT2D eigenvalue weighted by atomic mass is 16.5. The Bertz CT molecular complexity index is 673. The fourth-order valence-electron chi connectivity index (χ4n) is 2.57. The maximum Gasteiger partial charge on any atom is 0.211 e. The summed E-state index contributed by atoms with van der Waals surface area (Å²) >= 11 is 0. The van der Waals surface area contributed by atoms with Gasteiger partial charge in [-0.05, 0) is 0 Å². The number of amides is 1. The minimum Gasteiger partial charge on any atom is -0.394 e. The van der Waals surface area contributed by atoms with Crippen LogP contribution in [0.1, 0.15) is 12.6 Å². The standard InChI is InChI=1S/C12H15N5O4/c13-10-9-7(16-5-19)2-17(11(9)15-4-14-10)12-8(20)1-6(3-18)21-12/h2,4-6,8,12,18,20H,1,3H2,(H,16,19)(H2,13,14,15)/t6-,8+,12+/m0/s1. The monoisotopic (exact) mass is 293 g/mol. The zero-order chi connectivity index (χ0) is 15.0. The van der Waals surface area contributed by atoms with E-state index in [-0.39, 0.29) is 12.4 Å². The van der Waals surface area contributed by atoms with Gasteiger partial charge in [-0.15, -0.1) is 0 Å². The summed E-state index contributed by atoms with van der Waals surface area (Å²) in [5.41, 5.74) is 6.69. The Morgan fingerprint density at radius 3 is 3.05 bits per heavy atom. The molecule has 0 saturated carbocycles. The Morgan fingerprint density at radius 2 is 2.38 bits per heavy atom. The van der Waals surface area contributed by atoms with Gasteiger partial charge in [0.15, 0.2) is 6.23 Å². The summed E-state index contributed by atoms with van der Waals surface area (Å²) in [6.07, 6.45) is 1.77. The van der Waals surface area contributed by atoms with Gasteiger partial charge in [0.05, 0.1) is 23.8 Å². The molecule has 3 heterocycles. The molecule has 5 N–H and O–H groups in total. The van der Waals surface area contributed by atoms with Crippen LogP contribution in [0.25, 0.3) is 11.0 Å². The van der Waals surface area contributed by atoms with Crippen molar-refractivity contribution in [1.29, 1.82) is 0 Å². The maximum atomic E-state index is 10.7. The number of rotatable bonds is 4. The Morgan fingerprint density at radius 1 is 1.57 bits per heavy atom. The number of ether oxygens (including phenoxy) is 1. The van der Waals surface area contributed by atoms with Crippen LogP contribution in [0, 0.1) is 0 Å². The van der Waals surface area contributed by atoms with Gasteiger partial charge >= 0.3 is 0 Å². The maximum absolute atomic E-state index is 10.7. The predicted octanol–water partition coefficient (Wildman–Crippen LogP) is -0.778. The number of nitrogens with zero attached hydrogens (tertiary/aromatic N) is 3. The summed E-state index contributed by atoms with van der Waals surface area (Å²) in [4.78, 5) is 18.7. The molecule has 2 aromatic heterocycles. The fourth-order valence-corrected chi connectivity index (χ4v) is 2.57. The third-order valence-corrected chi connectivity index (χ3v) is 3.50. The molecule has 1 saturated heterocycles. The van der Waals surface area contributed by atoms with Crippen molar-refractivity contribution in [3.63, 3.8) is 0 Å². The van der Waals surface area contributed by atoms with Gasteiger partial charge in [-0.2, -0.15) is 0 Å². The number of carbonyl (C=O) groups is 1. The molecule has 0 radical (unpaired) electrons. The van der Waals surface area contributed by atoms with Crippen molar-refractivity contribution in [3.8, 4) is 0 Å². The number of nitrogen functional groups attached to an aromatic ring is 1. The van der Waals surface area contributed by atoms with Crippen molar-refractivity contribution in [3.05, 3.63) is 12.5 Å². The van der Waals surface area contributed by atoms with Crippen LogP contribution in [-0.2, 0) is 9.53 Å². The number of hydrogen-bond acceptors (Lipinski definition) is 7. The minimum atomic E-state index is -0.793. The molecule has 112 valence electrons. The average Bonchev–Trinajstić information content (AvgIpc) is 3.01. The van der Waals surface area contributed by atoms with Crippen molar-refractivity contribution >= 4 is 28.9 Å². The molecule has 3 atom stereocenters. The van der Waals surface area contributed by atoms with Crippen molar-refractivity contribution in [1.82, 2.24) is 14.5 Å². The number of aliphatic hydroxyl groups is 2. The van der Waals surface area contributed by atoms with Crippen LogP contribution in [0.4, 0.5) is 11.5 Å². The molecule has 2 aromatic rings. The van der Waals surface area contributed by atoms with Gasteiger partial charge in [-0.1, -0.05) is 0 Å². The Hall–Kier alpha value is -2.23. The number of aromatic nitrogens is 3. The molecule has 1 aliphatic heterocycles. The summed E-state index contributed by atoms with van der Waals surface area (Å²) in [6.45, 7) is -0.177. The van der Waals surface area contributed by atoms with E-state index >= 15 is 0 Å². The molecule has 0 aromatic carbocycles. The number of nitrogens with one attached hydrogen (secondary N) is 1. The second-order valence-electron chi connectivity index (χ2n) is 4.80. The number of aliphatic hydroxyl groups excluding tert-OH is 2. The molecule has 0 spiro atoms. The first-order valence-corrected chi connectivity index (χ1v) is 6.41. The quantitative estimate of drug-likeness (QED) is 0.543. The van der Waals surface area contributed by atoms with E-state index in [9.17, 15) is 9.90 Å². The first-order valence-electron chi connectivity index (χ1n) is 6.41. The van der Waals surface area contributed by atoms with Gasteiger partial charge in [0, 0.05) is 12.6 Å². The van der Waals surface area contributed by atoms with Gasteiger partial charge in [0.25, 0.3) is 0 Å². The number of nitrogens with two attached hydrogens (primary N) is 1. The Kier molecular flexibility index (Phi) is 3.45. The first-order chi connectivity index (χ1) is 10.2. The molecule has 1 fully saturated rings. The van der Waals surface area contributed by atoms with E-state index in [1.807, 2.05) is 0 Å². The number of anilines is 2. The van der Waals surface area contributed by atoms with E-state index in [1.165, 1.54) is 6.33 Å². The third kappa shape index (κ3) is 2.20.